The normalized spacial score (nSPS) is 13.0. The van der Waals surface area contributed by atoms with E-state index in [1.54, 1.807) is 34.6 Å². The van der Waals surface area contributed by atoms with E-state index in [-0.39, 0.29) is 17.4 Å². The molecule has 32 heavy (non-hydrogen) atoms. The Kier molecular flexibility index (Phi) is 6.13. The molecule has 0 aliphatic carbocycles. The zero-order valence-corrected chi connectivity index (χ0v) is 18.0. The van der Waals surface area contributed by atoms with Crippen molar-refractivity contribution in [2.45, 2.75) is 38.9 Å². The largest absolute Gasteiger partial charge is 0.416 e. The lowest BCUT2D eigenvalue weighted by molar-refractivity contribution is -0.137. The molecule has 3 aromatic rings. The molecule has 0 N–H and O–H groups in total. The van der Waals surface area contributed by atoms with Gasteiger partial charge in [-0.2, -0.15) is 18.2 Å². The highest BCUT2D eigenvalue weighted by molar-refractivity contribution is 5.95. The molecule has 0 spiro atoms. The number of aromatic nitrogens is 2. The third-order valence-electron chi connectivity index (χ3n) is 5.00. The average Bonchev–Trinajstić information content (AvgIpc) is 2.99. The summed E-state index contributed by atoms with van der Waals surface area (Å²) in [5.74, 6) is -2.63. The molecule has 1 heterocycles. The SMILES string of the molecule is Cn1c(C(C)(C)C)c/c(=N\C(=O)c2cc(C(F)(F)F)ccc2F)n1Cc1ccc(F)cc1. The van der Waals surface area contributed by atoms with Crippen molar-refractivity contribution in [3.05, 3.63) is 88.0 Å². The highest BCUT2D eigenvalue weighted by atomic mass is 19.4. The van der Waals surface area contributed by atoms with Crippen LogP contribution in [-0.4, -0.2) is 15.3 Å². The summed E-state index contributed by atoms with van der Waals surface area (Å²) in [5.41, 5.74) is -0.613. The molecule has 4 nitrogen and oxygen atoms in total. The molecule has 1 amide bonds. The second-order valence-corrected chi connectivity index (χ2v) is 8.45. The fraction of sp³-hybridized carbons (Fsp3) is 0.304. The van der Waals surface area contributed by atoms with Gasteiger partial charge >= 0.3 is 6.18 Å². The van der Waals surface area contributed by atoms with E-state index in [4.69, 9.17) is 0 Å². The van der Waals surface area contributed by atoms with Crippen LogP contribution in [0.4, 0.5) is 22.0 Å². The molecule has 0 fully saturated rings. The van der Waals surface area contributed by atoms with E-state index in [1.807, 2.05) is 20.8 Å². The maximum absolute atomic E-state index is 14.2. The van der Waals surface area contributed by atoms with Crippen LogP contribution in [0.1, 0.15) is 48.0 Å². The maximum atomic E-state index is 14.2. The van der Waals surface area contributed by atoms with Crippen LogP contribution < -0.4 is 5.49 Å². The standard InChI is InChI=1S/C23H22F5N3O/c1-22(2,3)19-12-20(31(30(19)4)13-14-5-8-16(24)9-6-14)29-21(32)17-11-15(23(26,27)28)7-10-18(17)25/h5-12H,13H2,1-4H3/b29-20+. The van der Waals surface area contributed by atoms with Gasteiger partial charge in [0.25, 0.3) is 5.91 Å². The first kappa shape index (κ1) is 23.4. The van der Waals surface area contributed by atoms with Crippen LogP contribution in [0.5, 0.6) is 0 Å². The first-order valence-electron chi connectivity index (χ1n) is 9.75. The monoisotopic (exact) mass is 451 g/mol. The summed E-state index contributed by atoms with van der Waals surface area (Å²) in [5, 5.41) is 0. The van der Waals surface area contributed by atoms with Crippen molar-refractivity contribution in [3.8, 4) is 0 Å². The Morgan fingerprint density at radius 1 is 0.969 bits per heavy atom. The third kappa shape index (κ3) is 4.98. The fourth-order valence-electron chi connectivity index (χ4n) is 3.35. The van der Waals surface area contributed by atoms with Gasteiger partial charge in [0.2, 0.25) is 0 Å². The lowest BCUT2D eigenvalue weighted by Gasteiger charge is -2.20. The Morgan fingerprint density at radius 2 is 1.59 bits per heavy atom. The van der Waals surface area contributed by atoms with Gasteiger partial charge in [0.05, 0.1) is 17.7 Å². The molecule has 0 unspecified atom stereocenters. The number of rotatable bonds is 3. The smallest absolute Gasteiger partial charge is 0.290 e. The number of carbonyl (C=O) groups is 1. The highest BCUT2D eigenvalue weighted by Gasteiger charge is 2.32. The van der Waals surface area contributed by atoms with E-state index in [1.165, 1.54) is 12.1 Å². The minimum atomic E-state index is -4.72. The Labute approximate surface area is 181 Å². The van der Waals surface area contributed by atoms with Crippen LogP contribution >= 0.6 is 0 Å². The number of nitrogens with zero attached hydrogens (tertiary/aromatic N) is 3. The number of hydrogen-bond donors (Lipinski definition) is 0. The molecule has 0 saturated carbocycles. The summed E-state index contributed by atoms with van der Waals surface area (Å²) in [6.07, 6.45) is -4.72. The Balaban J connectivity index is 2.14. The summed E-state index contributed by atoms with van der Waals surface area (Å²) in [7, 11) is 1.75. The number of hydrogen-bond acceptors (Lipinski definition) is 1. The lowest BCUT2D eigenvalue weighted by Crippen LogP contribution is -2.26. The van der Waals surface area contributed by atoms with E-state index in [9.17, 15) is 26.7 Å². The van der Waals surface area contributed by atoms with Gasteiger partial charge in [-0.05, 0) is 35.9 Å². The number of amides is 1. The van der Waals surface area contributed by atoms with Crippen molar-refractivity contribution in [1.82, 2.24) is 9.36 Å². The van der Waals surface area contributed by atoms with Gasteiger partial charge in [-0.3, -0.25) is 14.2 Å². The second-order valence-electron chi connectivity index (χ2n) is 8.45. The zero-order chi connectivity index (χ0) is 23.8. The molecule has 0 saturated heterocycles. The van der Waals surface area contributed by atoms with Crippen molar-refractivity contribution >= 4 is 5.91 Å². The maximum Gasteiger partial charge on any atom is 0.416 e. The van der Waals surface area contributed by atoms with Gasteiger partial charge < -0.3 is 0 Å². The second kappa shape index (κ2) is 8.37. The summed E-state index contributed by atoms with van der Waals surface area (Å²) < 4.78 is 69.9. The fourth-order valence-corrected chi connectivity index (χ4v) is 3.35. The molecular weight excluding hydrogens is 429 g/mol. The highest BCUT2D eigenvalue weighted by Crippen LogP contribution is 2.30. The predicted molar refractivity (Wildman–Crippen MR) is 109 cm³/mol. The number of benzene rings is 2. The summed E-state index contributed by atoms with van der Waals surface area (Å²) in [4.78, 5) is 16.6. The molecule has 0 aliphatic heterocycles. The molecular formula is C23H22F5N3O. The molecule has 0 bridgehead atoms. The van der Waals surface area contributed by atoms with Crippen LogP contribution in [0.3, 0.4) is 0 Å². The minimum Gasteiger partial charge on any atom is -0.290 e. The van der Waals surface area contributed by atoms with E-state index < -0.39 is 34.8 Å². The van der Waals surface area contributed by atoms with Gasteiger partial charge in [-0.15, -0.1) is 0 Å². The van der Waals surface area contributed by atoms with Gasteiger partial charge in [-0.1, -0.05) is 32.9 Å². The van der Waals surface area contributed by atoms with Gasteiger partial charge in [0.15, 0.2) is 5.49 Å². The van der Waals surface area contributed by atoms with Gasteiger partial charge in [-0.25, -0.2) is 8.78 Å². The Hall–Kier alpha value is -3.23. The predicted octanol–water partition coefficient (Wildman–Crippen LogP) is 5.21. The van der Waals surface area contributed by atoms with Crippen LogP contribution in [0.25, 0.3) is 0 Å². The number of carbonyl (C=O) groups excluding carboxylic acids is 1. The van der Waals surface area contributed by atoms with Crippen molar-refractivity contribution < 1.29 is 26.7 Å². The topological polar surface area (TPSA) is 39.3 Å². The molecule has 9 heteroatoms. The van der Waals surface area contributed by atoms with Crippen molar-refractivity contribution in [3.63, 3.8) is 0 Å². The summed E-state index contributed by atoms with van der Waals surface area (Å²) >= 11 is 0. The van der Waals surface area contributed by atoms with Crippen LogP contribution in [-0.2, 0) is 25.2 Å². The first-order valence-corrected chi connectivity index (χ1v) is 9.75. The van der Waals surface area contributed by atoms with E-state index in [0.717, 1.165) is 5.69 Å². The molecule has 0 aliphatic rings. The number of alkyl halides is 3. The third-order valence-corrected chi connectivity index (χ3v) is 5.00. The molecule has 0 atom stereocenters. The van der Waals surface area contributed by atoms with Crippen molar-refractivity contribution in [2.24, 2.45) is 12.0 Å². The van der Waals surface area contributed by atoms with Crippen molar-refractivity contribution in [1.29, 1.82) is 0 Å². The van der Waals surface area contributed by atoms with Gasteiger partial charge in [0.1, 0.15) is 11.6 Å². The molecule has 3 rings (SSSR count). The zero-order valence-electron chi connectivity index (χ0n) is 18.0. The summed E-state index contributed by atoms with van der Waals surface area (Å²) in [6, 6.07) is 9.00. The minimum absolute atomic E-state index is 0.142. The van der Waals surface area contributed by atoms with Crippen LogP contribution in [0.15, 0.2) is 53.5 Å². The quantitative estimate of drug-likeness (QED) is 0.504. The Bertz CT molecular complexity index is 1210. The average molecular weight is 451 g/mol. The van der Waals surface area contributed by atoms with Crippen LogP contribution in [0.2, 0.25) is 0 Å². The van der Waals surface area contributed by atoms with E-state index >= 15 is 0 Å². The van der Waals surface area contributed by atoms with Crippen molar-refractivity contribution in [2.75, 3.05) is 0 Å². The van der Waals surface area contributed by atoms with Crippen LogP contribution in [0, 0.1) is 11.6 Å². The Morgan fingerprint density at radius 3 is 2.16 bits per heavy atom. The first-order chi connectivity index (χ1) is 14.8. The molecule has 170 valence electrons. The molecule has 2 aromatic carbocycles. The number of halogens is 5. The molecule has 0 radical (unpaired) electrons. The molecule has 1 aromatic heterocycles. The lowest BCUT2D eigenvalue weighted by atomic mass is 9.92. The van der Waals surface area contributed by atoms with Gasteiger partial charge in [0, 0.05) is 24.2 Å². The van der Waals surface area contributed by atoms with E-state index in [0.29, 0.717) is 23.8 Å². The summed E-state index contributed by atoms with van der Waals surface area (Å²) in [6.45, 7) is 6.05. The van der Waals surface area contributed by atoms with E-state index in [2.05, 4.69) is 4.99 Å².